The van der Waals surface area contributed by atoms with E-state index in [-0.39, 0.29) is 5.82 Å². The number of halogens is 1. The Balaban J connectivity index is 2.13. The van der Waals surface area contributed by atoms with Crippen molar-refractivity contribution in [2.75, 3.05) is 5.32 Å². The molecule has 1 aliphatic carbocycles. The highest BCUT2D eigenvalue weighted by Crippen LogP contribution is 2.23. The molecule has 0 aromatic carbocycles. The summed E-state index contributed by atoms with van der Waals surface area (Å²) in [5.41, 5.74) is 0.491. The van der Waals surface area contributed by atoms with Crippen LogP contribution in [0.1, 0.15) is 38.3 Å². The Labute approximate surface area is 89.1 Å². The quantitative estimate of drug-likeness (QED) is 0.831. The van der Waals surface area contributed by atoms with Crippen molar-refractivity contribution >= 4 is 5.82 Å². The van der Waals surface area contributed by atoms with Gasteiger partial charge in [-0.2, -0.15) is 0 Å². The van der Waals surface area contributed by atoms with Crippen molar-refractivity contribution in [1.82, 2.24) is 9.97 Å². The Hall–Kier alpha value is -1.19. The zero-order valence-electron chi connectivity index (χ0n) is 8.96. The monoisotopic (exact) mass is 209 g/mol. The molecule has 3 nitrogen and oxygen atoms in total. The van der Waals surface area contributed by atoms with Gasteiger partial charge in [-0.15, -0.1) is 0 Å². The van der Waals surface area contributed by atoms with Crippen LogP contribution in [0.15, 0.2) is 6.33 Å². The third-order valence-electron chi connectivity index (χ3n) is 2.89. The molecular formula is C11H16FN3. The second-order valence-corrected chi connectivity index (χ2v) is 3.96. The fourth-order valence-corrected chi connectivity index (χ4v) is 2.02. The van der Waals surface area contributed by atoms with Gasteiger partial charge < -0.3 is 5.32 Å². The Morgan fingerprint density at radius 1 is 1.40 bits per heavy atom. The fraction of sp³-hybridized carbons (Fsp3) is 0.636. The summed E-state index contributed by atoms with van der Waals surface area (Å²) in [6.45, 7) is 1.89. The van der Waals surface area contributed by atoms with Crippen molar-refractivity contribution in [3.8, 4) is 0 Å². The number of aromatic nitrogens is 2. The van der Waals surface area contributed by atoms with Crippen LogP contribution in [0, 0.1) is 5.82 Å². The second-order valence-electron chi connectivity index (χ2n) is 3.96. The first-order chi connectivity index (χ1) is 7.31. The van der Waals surface area contributed by atoms with Gasteiger partial charge in [-0.1, -0.05) is 19.8 Å². The summed E-state index contributed by atoms with van der Waals surface area (Å²) >= 11 is 0. The van der Waals surface area contributed by atoms with E-state index in [1.54, 1.807) is 0 Å². The summed E-state index contributed by atoms with van der Waals surface area (Å²) in [5.74, 6) is 0.0839. The number of aryl methyl sites for hydroxylation is 1. The van der Waals surface area contributed by atoms with Crippen molar-refractivity contribution in [2.24, 2.45) is 0 Å². The van der Waals surface area contributed by atoms with Crippen LogP contribution in [0.25, 0.3) is 0 Å². The average Bonchev–Trinajstić information content (AvgIpc) is 2.74. The lowest BCUT2D eigenvalue weighted by Crippen LogP contribution is -2.17. The summed E-state index contributed by atoms with van der Waals surface area (Å²) in [6.07, 6.45) is 6.72. The summed E-state index contributed by atoms with van der Waals surface area (Å²) in [5, 5.41) is 3.16. The van der Waals surface area contributed by atoms with Crippen molar-refractivity contribution in [2.45, 2.75) is 45.1 Å². The molecule has 0 atom stereocenters. The maximum atomic E-state index is 13.7. The van der Waals surface area contributed by atoms with Crippen LogP contribution in [0.2, 0.25) is 0 Å². The van der Waals surface area contributed by atoms with E-state index in [1.165, 1.54) is 19.2 Å². The second kappa shape index (κ2) is 4.55. The average molecular weight is 209 g/mol. The fourth-order valence-electron chi connectivity index (χ4n) is 2.02. The molecule has 1 heterocycles. The molecule has 1 aliphatic rings. The first-order valence-corrected chi connectivity index (χ1v) is 5.57. The highest BCUT2D eigenvalue weighted by molar-refractivity contribution is 5.38. The van der Waals surface area contributed by atoms with Gasteiger partial charge in [-0.05, 0) is 19.3 Å². The number of hydrogen-bond donors (Lipinski definition) is 1. The summed E-state index contributed by atoms with van der Waals surface area (Å²) < 4.78 is 13.7. The SMILES string of the molecule is CCc1ncnc(NC2CCCC2)c1F. The molecular weight excluding hydrogens is 193 g/mol. The molecule has 4 heteroatoms. The van der Waals surface area contributed by atoms with Crippen molar-refractivity contribution in [3.05, 3.63) is 17.8 Å². The van der Waals surface area contributed by atoms with Gasteiger partial charge in [-0.3, -0.25) is 0 Å². The number of anilines is 1. The lowest BCUT2D eigenvalue weighted by molar-refractivity contribution is 0.591. The minimum absolute atomic E-state index is 0.285. The van der Waals surface area contributed by atoms with Gasteiger partial charge in [0, 0.05) is 6.04 Å². The molecule has 0 saturated heterocycles. The molecule has 0 spiro atoms. The van der Waals surface area contributed by atoms with E-state index in [2.05, 4.69) is 15.3 Å². The van der Waals surface area contributed by atoms with Crippen LogP contribution in [0.5, 0.6) is 0 Å². The smallest absolute Gasteiger partial charge is 0.186 e. The number of rotatable bonds is 3. The normalized spacial score (nSPS) is 16.9. The molecule has 0 amide bonds. The van der Waals surface area contributed by atoms with Gasteiger partial charge >= 0.3 is 0 Å². The van der Waals surface area contributed by atoms with E-state index >= 15 is 0 Å². The Bertz CT molecular complexity index is 335. The summed E-state index contributed by atoms with van der Waals surface area (Å²) in [4.78, 5) is 7.86. The minimum Gasteiger partial charge on any atom is -0.365 e. The van der Waals surface area contributed by atoms with Gasteiger partial charge in [0.1, 0.15) is 6.33 Å². The van der Waals surface area contributed by atoms with Crippen LogP contribution < -0.4 is 5.32 Å². The standard InChI is InChI=1S/C11H16FN3/c1-2-9-10(12)11(14-7-13-9)15-8-5-3-4-6-8/h7-8H,2-6H2,1H3,(H,13,14,15). The maximum Gasteiger partial charge on any atom is 0.186 e. The lowest BCUT2D eigenvalue weighted by Gasteiger charge is -2.13. The molecule has 82 valence electrons. The molecule has 0 bridgehead atoms. The third-order valence-corrected chi connectivity index (χ3v) is 2.89. The van der Waals surface area contributed by atoms with Crippen molar-refractivity contribution in [3.63, 3.8) is 0 Å². The van der Waals surface area contributed by atoms with Crippen molar-refractivity contribution in [1.29, 1.82) is 0 Å². The van der Waals surface area contributed by atoms with E-state index in [4.69, 9.17) is 0 Å². The molecule has 15 heavy (non-hydrogen) atoms. The largest absolute Gasteiger partial charge is 0.365 e. The Kier molecular flexibility index (Phi) is 3.14. The van der Waals surface area contributed by atoms with Gasteiger partial charge in [0.15, 0.2) is 11.6 Å². The third kappa shape index (κ3) is 2.25. The molecule has 1 saturated carbocycles. The van der Waals surface area contributed by atoms with Gasteiger partial charge in [0.25, 0.3) is 0 Å². The molecule has 0 unspecified atom stereocenters. The first-order valence-electron chi connectivity index (χ1n) is 5.57. The summed E-state index contributed by atoms with van der Waals surface area (Å²) in [6, 6.07) is 0.388. The summed E-state index contributed by atoms with van der Waals surface area (Å²) in [7, 11) is 0. The zero-order valence-corrected chi connectivity index (χ0v) is 8.96. The Morgan fingerprint density at radius 3 is 2.80 bits per heavy atom. The highest BCUT2D eigenvalue weighted by atomic mass is 19.1. The first kappa shape index (κ1) is 10.3. The molecule has 2 rings (SSSR count). The van der Waals surface area contributed by atoms with E-state index in [0.717, 1.165) is 12.8 Å². The highest BCUT2D eigenvalue weighted by Gasteiger charge is 2.17. The predicted molar refractivity (Wildman–Crippen MR) is 57.2 cm³/mol. The van der Waals surface area contributed by atoms with Gasteiger partial charge in [0.2, 0.25) is 0 Å². The molecule has 1 fully saturated rings. The Morgan fingerprint density at radius 2 is 2.13 bits per heavy atom. The molecule has 1 aromatic rings. The lowest BCUT2D eigenvalue weighted by atomic mass is 10.2. The van der Waals surface area contributed by atoms with Gasteiger partial charge in [0.05, 0.1) is 5.69 Å². The van der Waals surface area contributed by atoms with Crippen LogP contribution in [-0.4, -0.2) is 16.0 Å². The predicted octanol–water partition coefficient (Wildman–Crippen LogP) is 2.53. The van der Waals surface area contributed by atoms with Crippen molar-refractivity contribution < 1.29 is 4.39 Å². The van der Waals surface area contributed by atoms with E-state index in [9.17, 15) is 4.39 Å². The topological polar surface area (TPSA) is 37.8 Å². The van der Waals surface area contributed by atoms with Gasteiger partial charge in [-0.25, -0.2) is 14.4 Å². The molecule has 0 aliphatic heterocycles. The van der Waals surface area contributed by atoms with Crippen LogP contribution in [-0.2, 0) is 6.42 Å². The van der Waals surface area contributed by atoms with E-state index in [0.29, 0.717) is 24.0 Å². The molecule has 0 radical (unpaired) electrons. The molecule has 1 N–H and O–H groups in total. The zero-order chi connectivity index (χ0) is 10.7. The van der Waals surface area contributed by atoms with Crippen LogP contribution >= 0.6 is 0 Å². The molecule has 1 aromatic heterocycles. The van der Waals surface area contributed by atoms with Crippen LogP contribution in [0.3, 0.4) is 0 Å². The number of nitrogens with one attached hydrogen (secondary N) is 1. The number of nitrogens with zero attached hydrogens (tertiary/aromatic N) is 2. The van der Waals surface area contributed by atoms with E-state index in [1.807, 2.05) is 6.92 Å². The minimum atomic E-state index is -0.285. The maximum absolute atomic E-state index is 13.7. The van der Waals surface area contributed by atoms with E-state index < -0.39 is 0 Å². The number of hydrogen-bond acceptors (Lipinski definition) is 3. The van der Waals surface area contributed by atoms with Crippen LogP contribution in [0.4, 0.5) is 10.2 Å².